The third-order valence-corrected chi connectivity index (χ3v) is 3.33. The fraction of sp³-hybridized carbons (Fsp3) is 0.571. The van der Waals surface area contributed by atoms with E-state index in [9.17, 15) is 0 Å². The minimum atomic E-state index is 0.484. The van der Waals surface area contributed by atoms with Gasteiger partial charge in [0.05, 0.1) is 13.2 Å². The Hall–Kier alpha value is -0.770. The van der Waals surface area contributed by atoms with Crippen molar-refractivity contribution in [3.63, 3.8) is 0 Å². The van der Waals surface area contributed by atoms with Gasteiger partial charge >= 0.3 is 0 Å². The molecule has 0 amide bonds. The molecule has 100 valence electrons. The van der Waals surface area contributed by atoms with Gasteiger partial charge in [0.2, 0.25) is 0 Å². The predicted molar refractivity (Wildman–Crippen MR) is 76.5 cm³/mol. The Morgan fingerprint density at radius 2 is 2.06 bits per heavy atom. The fourth-order valence-electron chi connectivity index (χ4n) is 2.10. The van der Waals surface area contributed by atoms with Crippen LogP contribution in [-0.4, -0.2) is 32.3 Å². The van der Waals surface area contributed by atoms with E-state index in [0.717, 1.165) is 37.9 Å². The number of halogens is 1. The average Bonchev–Trinajstić information content (AvgIpc) is 2.38. The molecule has 0 radical (unpaired) electrons. The monoisotopic (exact) mass is 268 g/mol. The van der Waals surface area contributed by atoms with E-state index in [0.29, 0.717) is 6.04 Å². The lowest BCUT2D eigenvalue weighted by atomic mass is 10.1. The fourth-order valence-corrected chi connectivity index (χ4v) is 2.27. The van der Waals surface area contributed by atoms with E-state index in [1.165, 1.54) is 11.3 Å². The lowest BCUT2D eigenvalue weighted by Crippen LogP contribution is -2.37. The second-order valence-corrected chi connectivity index (χ2v) is 5.34. The summed E-state index contributed by atoms with van der Waals surface area (Å²) in [4.78, 5) is 2.35. The van der Waals surface area contributed by atoms with Crippen molar-refractivity contribution in [3.8, 4) is 0 Å². The quantitative estimate of drug-likeness (QED) is 0.909. The maximum Gasteiger partial charge on any atom is 0.0642 e. The van der Waals surface area contributed by atoms with Crippen LogP contribution < -0.4 is 10.2 Å². The summed E-state index contributed by atoms with van der Waals surface area (Å²) >= 11 is 6.12. The van der Waals surface area contributed by atoms with E-state index in [2.05, 4.69) is 36.2 Å². The predicted octanol–water partition coefficient (Wildman–Crippen LogP) is 2.67. The number of anilines is 1. The van der Waals surface area contributed by atoms with Crippen molar-refractivity contribution in [2.75, 3.05) is 31.2 Å². The van der Waals surface area contributed by atoms with E-state index in [-0.39, 0.29) is 0 Å². The minimum Gasteiger partial charge on any atom is -0.378 e. The first-order valence-electron chi connectivity index (χ1n) is 6.51. The Morgan fingerprint density at radius 3 is 2.72 bits per heavy atom. The van der Waals surface area contributed by atoms with Gasteiger partial charge in [0, 0.05) is 36.4 Å². The van der Waals surface area contributed by atoms with Gasteiger partial charge in [-0.15, -0.1) is 0 Å². The Morgan fingerprint density at radius 1 is 1.33 bits per heavy atom. The number of ether oxygens (including phenoxy) is 1. The maximum atomic E-state index is 6.12. The van der Waals surface area contributed by atoms with E-state index in [1.54, 1.807) is 0 Å². The molecule has 0 spiro atoms. The van der Waals surface area contributed by atoms with E-state index >= 15 is 0 Å². The molecule has 2 rings (SSSR count). The number of hydrogen-bond donors (Lipinski definition) is 1. The van der Waals surface area contributed by atoms with E-state index in [1.807, 2.05) is 6.07 Å². The van der Waals surface area contributed by atoms with Gasteiger partial charge in [0.25, 0.3) is 0 Å². The van der Waals surface area contributed by atoms with Crippen LogP contribution in [-0.2, 0) is 11.3 Å². The zero-order valence-electron chi connectivity index (χ0n) is 11.1. The van der Waals surface area contributed by atoms with Crippen molar-refractivity contribution in [1.82, 2.24) is 5.32 Å². The molecular formula is C14H21ClN2O. The summed E-state index contributed by atoms with van der Waals surface area (Å²) < 4.78 is 5.40. The van der Waals surface area contributed by atoms with Crippen LogP contribution in [0.25, 0.3) is 0 Å². The van der Waals surface area contributed by atoms with Crippen LogP contribution in [0.15, 0.2) is 18.2 Å². The largest absolute Gasteiger partial charge is 0.378 e. The third-order valence-electron chi connectivity index (χ3n) is 3.10. The van der Waals surface area contributed by atoms with Crippen LogP contribution in [0.5, 0.6) is 0 Å². The van der Waals surface area contributed by atoms with Gasteiger partial charge in [-0.25, -0.2) is 0 Å². The topological polar surface area (TPSA) is 24.5 Å². The Balaban J connectivity index is 2.16. The summed E-state index contributed by atoms with van der Waals surface area (Å²) in [5.41, 5.74) is 2.54. The molecule has 0 unspecified atom stereocenters. The number of benzene rings is 1. The second kappa shape index (κ2) is 6.41. The molecular weight excluding hydrogens is 248 g/mol. The van der Waals surface area contributed by atoms with Gasteiger partial charge in [-0.3, -0.25) is 0 Å². The van der Waals surface area contributed by atoms with Crippen molar-refractivity contribution in [2.24, 2.45) is 0 Å². The van der Waals surface area contributed by atoms with Gasteiger partial charge in [-0.05, 0) is 17.7 Å². The van der Waals surface area contributed by atoms with Crippen LogP contribution in [0.1, 0.15) is 19.4 Å². The normalized spacial score (nSPS) is 16.3. The molecule has 0 bridgehead atoms. The zero-order valence-corrected chi connectivity index (χ0v) is 11.8. The highest BCUT2D eigenvalue weighted by atomic mass is 35.5. The molecule has 0 atom stereocenters. The second-order valence-electron chi connectivity index (χ2n) is 4.91. The molecule has 0 saturated carbocycles. The highest BCUT2D eigenvalue weighted by molar-refractivity contribution is 6.30. The zero-order chi connectivity index (χ0) is 13.0. The van der Waals surface area contributed by atoms with Gasteiger partial charge in [-0.2, -0.15) is 0 Å². The summed E-state index contributed by atoms with van der Waals surface area (Å²) in [6, 6.07) is 6.62. The lowest BCUT2D eigenvalue weighted by molar-refractivity contribution is 0.122. The SMILES string of the molecule is CC(C)NCc1ccc(Cl)cc1N1CCOCC1. The van der Waals surface area contributed by atoms with Crippen LogP contribution >= 0.6 is 11.6 Å². The van der Waals surface area contributed by atoms with Crippen molar-refractivity contribution in [2.45, 2.75) is 26.4 Å². The van der Waals surface area contributed by atoms with Crippen molar-refractivity contribution in [1.29, 1.82) is 0 Å². The molecule has 0 aliphatic carbocycles. The highest BCUT2D eigenvalue weighted by Crippen LogP contribution is 2.25. The molecule has 1 N–H and O–H groups in total. The summed E-state index contributed by atoms with van der Waals surface area (Å²) in [5.74, 6) is 0. The Kier molecular flexibility index (Phi) is 4.87. The van der Waals surface area contributed by atoms with Gasteiger partial charge in [-0.1, -0.05) is 31.5 Å². The first-order chi connectivity index (χ1) is 8.66. The third kappa shape index (κ3) is 3.61. The first kappa shape index (κ1) is 13.7. The number of hydrogen-bond acceptors (Lipinski definition) is 3. The van der Waals surface area contributed by atoms with Crippen molar-refractivity contribution < 1.29 is 4.74 Å². The van der Waals surface area contributed by atoms with Crippen LogP contribution in [0, 0.1) is 0 Å². The van der Waals surface area contributed by atoms with Crippen LogP contribution in [0.3, 0.4) is 0 Å². The van der Waals surface area contributed by atoms with Crippen LogP contribution in [0.4, 0.5) is 5.69 Å². The number of nitrogens with zero attached hydrogens (tertiary/aromatic N) is 1. The molecule has 18 heavy (non-hydrogen) atoms. The van der Waals surface area contributed by atoms with E-state index < -0.39 is 0 Å². The van der Waals surface area contributed by atoms with E-state index in [4.69, 9.17) is 16.3 Å². The van der Waals surface area contributed by atoms with Crippen LogP contribution in [0.2, 0.25) is 5.02 Å². The van der Waals surface area contributed by atoms with Gasteiger partial charge in [0.15, 0.2) is 0 Å². The molecule has 1 fully saturated rings. The van der Waals surface area contributed by atoms with Gasteiger partial charge in [0.1, 0.15) is 0 Å². The Labute approximate surface area is 114 Å². The molecule has 1 aliphatic rings. The number of nitrogens with one attached hydrogen (secondary N) is 1. The molecule has 1 aromatic rings. The van der Waals surface area contributed by atoms with Crippen molar-refractivity contribution >= 4 is 17.3 Å². The number of morpholine rings is 1. The molecule has 3 nitrogen and oxygen atoms in total. The minimum absolute atomic E-state index is 0.484. The standard InChI is InChI=1S/C14H21ClN2O/c1-11(2)16-10-12-3-4-13(15)9-14(12)17-5-7-18-8-6-17/h3-4,9,11,16H,5-8,10H2,1-2H3. The van der Waals surface area contributed by atoms with Crippen molar-refractivity contribution in [3.05, 3.63) is 28.8 Å². The summed E-state index contributed by atoms with van der Waals surface area (Å²) in [7, 11) is 0. The Bertz CT molecular complexity index is 389. The van der Waals surface area contributed by atoms with Gasteiger partial charge < -0.3 is 15.0 Å². The molecule has 1 aliphatic heterocycles. The summed E-state index contributed by atoms with van der Waals surface area (Å²) in [6.45, 7) is 8.66. The average molecular weight is 269 g/mol. The highest BCUT2D eigenvalue weighted by Gasteiger charge is 2.15. The maximum absolute atomic E-state index is 6.12. The molecule has 4 heteroatoms. The molecule has 1 aromatic carbocycles. The molecule has 1 heterocycles. The molecule has 0 aromatic heterocycles. The first-order valence-corrected chi connectivity index (χ1v) is 6.89. The lowest BCUT2D eigenvalue weighted by Gasteiger charge is -2.31. The number of rotatable bonds is 4. The smallest absolute Gasteiger partial charge is 0.0642 e. The molecule has 1 saturated heterocycles. The summed E-state index contributed by atoms with van der Waals surface area (Å²) in [6.07, 6.45) is 0. The summed E-state index contributed by atoms with van der Waals surface area (Å²) in [5, 5.41) is 4.26.